The van der Waals surface area contributed by atoms with Crippen LogP contribution in [0.5, 0.6) is 5.75 Å². The normalized spacial score (nSPS) is 12.6. The molecule has 0 radical (unpaired) electrons. The van der Waals surface area contributed by atoms with E-state index in [9.17, 15) is 5.11 Å². The number of benzene rings is 1. The van der Waals surface area contributed by atoms with Gasteiger partial charge >= 0.3 is 0 Å². The topological polar surface area (TPSA) is 40.5 Å². The summed E-state index contributed by atoms with van der Waals surface area (Å²) in [7, 11) is 0. The lowest BCUT2D eigenvalue weighted by Crippen LogP contribution is -1.98. The van der Waals surface area contributed by atoms with Crippen molar-refractivity contribution >= 4 is 27.3 Å². The van der Waals surface area contributed by atoms with Crippen LogP contribution >= 0.6 is 27.3 Å². The van der Waals surface area contributed by atoms with Gasteiger partial charge in [-0.05, 0) is 45.8 Å². The first-order chi connectivity index (χ1) is 7.65. The fraction of sp³-hybridized carbons (Fsp3) is 0.167. The van der Waals surface area contributed by atoms with Gasteiger partial charge in [-0.15, -0.1) is 11.3 Å². The Labute approximate surface area is 106 Å². The zero-order chi connectivity index (χ0) is 11.5. The standard InChI is InChI=1S/C12H11BrO2S/c13-12-6-5-11(16-12)10(15)7-8-1-3-9(14)4-2-8/h1-6,10,14-15H,7H2. The lowest BCUT2D eigenvalue weighted by atomic mass is 10.1. The van der Waals surface area contributed by atoms with E-state index in [2.05, 4.69) is 15.9 Å². The van der Waals surface area contributed by atoms with Gasteiger partial charge in [0.25, 0.3) is 0 Å². The lowest BCUT2D eigenvalue weighted by Gasteiger charge is -2.08. The Bertz CT molecular complexity index is 464. The van der Waals surface area contributed by atoms with E-state index < -0.39 is 6.10 Å². The van der Waals surface area contributed by atoms with Crippen molar-refractivity contribution in [1.82, 2.24) is 0 Å². The highest BCUT2D eigenvalue weighted by molar-refractivity contribution is 9.11. The molecule has 2 nitrogen and oxygen atoms in total. The van der Waals surface area contributed by atoms with E-state index in [0.29, 0.717) is 6.42 Å². The first kappa shape index (κ1) is 11.6. The molecule has 0 spiro atoms. The molecule has 1 aromatic heterocycles. The third-order valence-corrected chi connectivity index (χ3v) is 4.01. The second kappa shape index (κ2) is 4.99. The minimum absolute atomic E-state index is 0.247. The fourth-order valence-corrected chi connectivity index (χ4v) is 2.87. The number of aromatic hydroxyl groups is 1. The zero-order valence-corrected chi connectivity index (χ0v) is 10.8. The summed E-state index contributed by atoms with van der Waals surface area (Å²) >= 11 is 4.91. The van der Waals surface area contributed by atoms with Crippen LogP contribution in [0.25, 0.3) is 0 Å². The maximum absolute atomic E-state index is 9.98. The van der Waals surface area contributed by atoms with Gasteiger partial charge in [-0.25, -0.2) is 0 Å². The van der Waals surface area contributed by atoms with Crippen LogP contribution in [0.15, 0.2) is 40.2 Å². The van der Waals surface area contributed by atoms with Crippen molar-refractivity contribution in [3.63, 3.8) is 0 Å². The van der Waals surface area contributed by atoms with Crippen LogP contribution in [0.2, 0.25) is 0 Å². The molecular weight excluding hydrogens is 288 g/mol. The van der Waals surface area contributed by atoms with E-state index in [-0.39, 0.29) is 5.75 Å². The predicted octanol–water partition coefficient (Wildman–Crippen LogP) is 3.49. The number of aliphatic hydroxyl groups excluding tert-OH is 1. The van der Waals surface area contributed by atoms with Crippen LogP contribution in [0, 0.1) is 0 Å². The fourth-order valence-electron chi connectivity index (χ4n) is 1.46. The van der Waals surface area contributed by atoms with Crippen molar-refractivity contribution in [1.29, 1.82) is 0 Å². The van der Waals surface area contributed by atoms with Gasteiger partial charge in [-0.2, -0.15) is 0 Å². The second-order valence-corrected chi connectivity index (χ2v) is 6.02. The highest BCUT2D eigenvalue weighted by atomic mass is 79.9. The molecule has 84 valence electrons. The summed E-state index contributed by atoms with van der Waals surface area (Å²) in [6.45, 7) is 0. The number of hydrogen-bond acceptors (Lipinski definition) is 3. The molecule has 0 amide bonds. The molecule has 1 aromatic carbocycles. The van der Waals surface area contributed by atoms with E-state index in [1.165, 1.54) is 11.3 Å². The quantitative estimate of drug-likeness (QED) is 0.910. The number of rotatable bonds is 3. The first-order valence-corrected chi connectivity index (χ1v) is 6.47. The maximum Gasteiger partial charge on any atom is 0.115 e. The Kier molecular flexibility index (Phi) is 3.63. The van der Waals surface area contributed by atoms with Crippen LogP contribution in [-0.4, -0.2) is 10.2 Å². The van der Waals surface area contributed by atoms with E-state index in [1.807, 2.05) is 24.3 Å². The zero-order valence-electron chi connectivity index (χ0n) is 8.43. The van der Waals surface area contributed by atoms with Crippen LogP contribution in [0.1, 0.15) is 16.5 Å². The number of phenols is 1. The van der Waals surface area contributed by atoms with Crippen molar-refractivity contribution in [3.05, 3.63) is 50.6 Å². The van der Waals surface area contributed by atoms with E-state index in [1.54, 1.807) is 12.1 Å². The molecule has 0 saturated carbocycles. The summed E-state index contributed by atoms with van der Waals surface area (Å²) in [5, 5.41) is 19.1. The summed E-state index contributed by atoms with van der Waals surface area (Å²) in [5.74, 6) is 0.247. The molecule has 0 aliphatic heterocycles. The minimum atomic E-state index is -0.485. The molecule has 2 N–H and O–H groups in total. The average Bonchev–Trinajstić information content (AvgIpc) is 2.68. The highest BCUT2D eigenvalue weighted by Crippen LogP contribution is 2.29. The molecule has 2 aromatic rings. The van der Waals surface area contributed by atoms with Crippen molar-refractivity contribution in [2.24, 2.45) is 0 Å². The van der Waals surface area contributed by atoms with Crippen molar-refractivity contribution in [2.45, 2.75) is 12.5 Å². The molecular formula is C12H11BrO2S. The molecule has 1 unspecified atom stereocenters. The Morgan fingerprint density at radius 2 is 1.81 bits per heavy atom. The molecule has 1 heterocycles. The summed E-state index contributed by atoms with van der Waals surface area (Å²) in [5.41, 5.74) is 1.01. The Hall–Kier alpha value is -0.840. The second-order valence-electron chi connectivity index (χ2n) is 3.53. The average molecular weight is 299 g/mol. The summed E-state index contributed by atoms with van der Waals surface area (Å²) in [6.07, 6.45) is 0.0774. The summed E-state index contributed by atoms with van der Waals surface area (Å²) in [6, 6.07) is 10.8. The van der Waals surface area contributed by atoms with Crippen LogP contribution < -0.4 is 0 Å². The van der Waals surface area contributed by atoms with Gasteiger partial charge in [0, 0.05) is 11.3 Å². The SMILES string of the molecule is Oc1ccc(CC(O)c2ccc(Br)s2)cc1. The highest BCUT2D eigenvalue weighted by Gasteiger charge is 2.10. The van der Waals surface area contributed by atoms with Gasteiger partial charge in [0.05, 0.1) is 9.89 Å². The Morgan fingerprint density at radius 1 is 1.12 bits per heavy atom. The Balaban J connectivity index is 2.07. The molecule has 0 bridgehead atoms. The maximum atomic E-state index is 9.98. The van der Waals surface area contributed by atoms with Crippen LogP contribution in [0.4, 0.5) is 0 Å². The number of hydrogen-bond donors (Lipinski definition) is 2. The smallest absolute Gasteiger partial charge is 0.115 e. The van der Waals surface area contributed by atoms with Gasteiger partial charge in [0.1, 0.15) is 5.75 Å². The Morgan fingerprint density at radius 3 is 2.38 bits per heavy atom. The summed E-state index contributed by atoms with van der Waals surface area (Å²) < 4.78 is 1.02. The van der Waals surface area contributed by atoms with Crippen LogP contribution in [-0.2, 0) is 6.42 Å². The molecule has 0 fully saturated rings. The monoisotopic (exact) mass is 298 g/mol. The third kappa shape index (κ3) is 2.84. The largest absolute Gasteiger partial charge is 0.508 e. The summed E-state index contributed by atoms with van der Waals surface area (Å²) in [4.78, 5) is 0.944. The van der Waals surface area contributed by atoms with Gasteiger partial charge in [-0.1, -0.05) is 12.1 Å². The lowest BCUT2D eigenvalue weighted by molar-refractivity contribution is 0.182. The van der Waals surface area contributed by atoms with Crippen molar-refractivity contribution in [3.8, 4) is 5.75 Å². The van der Waals surface area contributed by atoms with E-state index >= 15 is 0 Å². The van der Waals surface area contributed by atoms with Gasteiger partial charge < -0.3 is 10.2 Å². The van der Waals surface area contributed by atoms with Gasteiger partial charge in [0.15, 0.2) is 0 Å². The van der Waals surface area contributed by atoms with Crippen molar-refractivity contribution < 1.29 is 10.2 Å². The molecule has 0 aliphatic carbocycles. The third-order valence-electron chi connectivity index (χ3n) is 2.29. The predicted molar refractivity (Wildman–Crippen MR) is 68.8 cm³/mol. The first-order valence-electron chi connectivity index (χ1n) is 4.86. The van der Waals surface area contributed by atoms with E-state index in [0.717, 1.165) is 14.2 Å². The molecule has 1 atom stereocenters. The number of thiophene rings is 1. The molecule has 4 heteroatoms. The molecule has 0 saturated heterocycles. The van der Waals surface area contributed by atoms with Gasteiger partial charge in [0.2, 0.25) is 0 Å². The van der Waals surface area contributed by atoms with E-state index in [4.69, 9.17) is 5.11 Å². The van der Waals surface area contributed by atoms with Crippen molar-refractivity contribution in [2.75, 3.05) is 0 Å². The number of halogens is 1. The minimum Gasteiger partial charge on any atom is -0.508 e. The number of aliphatic hydroxyl groups is 1. The van der Waals surface area contributed by atoms with Gasteiger partial charge in [-0.3, -0.25) is 0 Å². The number of phenolic OH excluding ortho intramolecular Hbond substituents is 1. The van der Waals surface area contributed by atoms with Crippen LogP contribution in [0.3, 0.4) is 0 Å². The molecule has 16 heavy (non-hydrogen) atoms. The molecule has 2 rings (SSSR count). The molecule has 0 aliphatic rings.